The van der Waals surface area contributed by atoms with Crippen LogP contribution in [0.25, 0.3) is 11.4 Å². The number of para-hydroxylation sites is 1. The minimum atomic E-state index is -0.300. The molecule has 110 valence electrons. The van der Waals surface area contributed by atoms with Crippen molar-refractivity contribution in [3.63, 3.8) is 0 Å². The van der Waals surface area contributed by atoms with Gasteiger partial charge in [-0.15, -0.1) is 11.7 Å². The predicted octanol–water partition coefficient (Wildman–Crippen LogP) is 2.23. The molecule has 1 aromatic heterocycles. The van der Waals surface area contributed by atoms with Crippen LogP contribution < -0.4 is 10.6 Å². The van der Waals surface area contributed by atoms with Gasteiger partial charge in [0.05, 0.1) is 11.7 Å². The number of hydrogen-bond donors (Lipinski definition) is 2. The van der Waals surface area contributed by atoms with E-state index in [4.69, 9.17) is 0 Å². The zero-order valence-corrected chi connectivity index (χ0v) is 12.1. The van der Waals surface area contributed by atoms with Crippen LogP contribution in [0, 0.1) is 0 Å². The topological polar surface area (TPSA) is 84.7 Å². The lowest BCUT2D eigenvalue weighted by Crippen LogP contribution is -2.28. The molecule has 21 heavy (non-hydrogen) atoms. The van der Waals surface area contributed by atoms with E-state index in [0.717, 1.165) is 5.56 Å². The van der Waals surface area contributed by atoms with E-state index in [2.05, 4.69) is 32.7 Å². The molecule has 0 radical (unpaired) electrons. The van der Waals surface area contributed by atoms with Crippen LogP contribution in [0.5, 0.6) is 0 Å². The summed E-state index contributed by atoms with van der Waals surface area (Å²) < 4.78 is 1.71. The maximum atomic E-state index is 11.8. The standard InChI is InChI=1S/C14H18N6O/c1-4-9-15-14(21)16-12-8-6-5-7-11(12)13-17-18-19-20(13)10(2)3/h4-8,10H,1,9H2,2-3H3,(H2,15,16,21). The van der Waals surface area contributed by atoms with E-state index in [1.165, 1.54) is 0 Å². The minimum absolute atomic E-state index is 0.123. The molecule has 2 N–H and O–H groups in total. The highest BCUT2D eigenvalue weighted by atomic mass is 16.2. The molecular weight excluding hydrogens is 268 g/mol. The molecule has 0 saturated heterocycles. The molecule has 1 aromatic carbocycles. The zero-order chi connectivity index (χ0) is 15.2. The number of urea groups is 1. The van der Waals surface area contributed by atoms with Crippen LogP contribution in [-0.2, 0) is 0 Å². The summed E-state index contributed by atoms with van der Waals surface area (Å²) in [6, 6.07) is 7.22. The molecule has 0 aliphatic rings. The lowest BCUT2D eigenvalue weighted by Gasteiger charge is -2.12. The van der Waals surface area contributed by atoms with Crippen molar-refractivity contribution >= 4 is 11.7 Å². The number of hydrogen-bond acceptors (Lipinski definition) is 4. The third-order valence-corrected chi connectivity index (χ3v) is 2.81. The summed E-state index contributed by atoms with van der Waals surface area (Å²) in [4.78, 5) is 11.8. The average Bonchev–Trinajstić information content (AvgIpc) is 2.95. The molecule has 0 aliphatic heterocycles. The first-order chi connectivity index (χ1) is 10.1. The number of nitrogens with zero attached hydrogens (tertiary/aromatic N) is 4. The Morgan fingerprint density at radius 3 is 2.90 bits per heavy atom. The van der Waals surface area contributed by atoms with Crippen molar-refractivity contribution in [2.45, 2.75) is 19.9 Å². The normalized spacial score (nSPS) is 10.4. The third kappa shape index (κ3) is 3.44. The highest BCUT2D eigenvalue weighted by molar-refractivity contribution is 5.93. The van der Waals surface area contributed by atoms with E-state index >= 15 is 0 Å². The molecular formula is C14H18N6O. The number of carbonyl (C=O) groups excluding carboxylic acids is 1. The molecule has 0 saturated carbocycles. The van der Waals surface area contributed by atoms with E-state index < -0.39 is 0 Å². The number of anilines is 1. The van der Waals surface area contributed by atoms with E-state index in [9.17, 15) is 4.79 Å². The van der Waals surface area contributed by atoms with Crippen molar-refractivity contribution in [3.8, 4) is 11.4 Å². The Labute approximate surface area is 123 Å². The van der Waals surface area contributed by atoms with Gasteiger partial charge in [-0.25, -0.2) is 9.48 Å². The van der Waals surface area contributed by atoms with E-state index in [1.54, 1.807) is 10.8 Å². The first kappa shape index (κ1) is 14.7. The van der Waals surface area contributed by atoms with Gasteiger partial charge in [0.15, 0.2) is 5.82 Å². The highest BCUT2D eigenvalue weighted by Gasteiger charge is 2.15. The van der Waals surface area contributed by atoms with E-state index in [0.29, 0.717) is 18.1 Å². The van der Waals surface area contributed by atoms with Crippen molar-refractivity contribution < 1.29 is 4.79 Å². The third-order valence-electron chi connectivity index (χ3n) is 2.81. The van der Waals surface area contributed by atoms with Crippen molar-refractivity contribution in [2.75, 3.05) is 11.9 Å². The summed E-state index contributed by atoms with van der Waals surface area (Å²) in [5, 5.41) is 17.2. The molecule has 2 amide bonds. The Hall–Kier alpha value is -2.70. The lowest BCUT2D eigenvalue weighted by molar-refractivity contribution is 0.253. The summed E-state index contributed by atoms with van der Waals surface area (Å²) in [5.41, 5.74) is 1.42. The van der Waals surface area contributed by atoms with Gasteiger partial charge in [0, 0.05) is 12.1 Å². The van der Waals surface area contributed by atoms with Crippen LogP contribution in [-0.4, -0.2) is 32.8 Å². The second kappa shape index (κ2) is 6.65. The Bertz CT molecular complexity index is 634. The van der Waals surface area contributed by atoms with Crippen molar-refractivity contribution in [3.05, 3.63) is 36.9 Å². The van der Waals surface area contributed by atoms with Gasteiger partial charge in [0.25, 0.3) is 0 Å². The monoisotopic (exact) mass is 286 g/mol. The Balaban J connectivity index is 2.30. The van der Waals surface area contributed by atoms with Crippen LogP contribution in [0.15, 0.2) is 36.9 Å². The molecule has 0 spiro atoms. The SMILES string of the molecule is C=CCNC(=O)Nc1ccccc1-c1nnnn1C(C)C. The fourth-order valence-electron chi connectivity index (χ4n) is 1.84. The summed E-state index contributed by atoms with van der Waals surface area (Å²) in [7, 11) is 0. The molecule has 2 rings (SSSR count). The minimum Gasteiger partial charge on any atom is -0.334 e. The Morgan fingerprint density at radius 2 is 2.19 bits per heavy atom. The summed E-state index contributed by atoms with van der Waals surface area (Å²) in [6.45, 7) is 7.94. The maximum absolute atomic E-state index is 11.8. The highest BCUT2D eigenvalue weighted by Crippen LogP contribution is 2.26. The van der Waals surface area contributed by atoms with E-state index in [-0.39, 0.29) is 12.1 Å². The molecule has 0 bridgehead atoms. The first-order valence-corrected chi connectivity index (χ1v) is 6.66. The van der Waals surface area contributed by atoms with Crippen molar-refractivity contribution in [2.24, 2.45) is 0 Å². The first-order valence-electron chi connectivity index (χ1n) is 6.66. The number of aromatic nitrogens is 4. The van der Waals surface area contributed by atoms with Crippen LogP contribution in [0.3, 0.4) is 0 Å². The Kier molecular flexibility index (Phi) is 4.65. The summed E-state index contributed by atoms with van der Waals surface area (Å²) in [6.07, 6.45) is 1.62. The van der Waals surface area contributed by atoms with Crippen LogP contribution >= 0.6 is 0 Å². The van der Waals surface area contributed by atoms with Crippen LogP contribution in [0.4, 0.5) is 10.5 Å². The largest absolute Gasteiger partial charge is 0.334 e. The fraction of sp³-hybridized carbons (Fsp3) is 0.286. The number of benzene rings is 1. The van der Waals surface area contributed by atoms with Crippen LogP contribution in [0.1, 0.15) is 19.9 Å². The quantitative estimate of drug-likeness (QED) is 0.825. The molecule has 7 nitrogen and oxygen atoms in total. The van der Waals surface area contributed by atoms with Gasteiger partial charge in [0.1, 0.15) is 0 Å². The number of amides is 2. The van der Waals surface area contributed by atoms with Crippen molar-refractivity contribution in [1.29, 1.82) is 0 Å². The molecule has 2 aromatic rings. The molecule has 0 aliphatic carbocycles. The number of rotatable bonds is 5. The molecule has 0 unspecified atom stereocenters. The van der Waals surface area contributed by atoms with Crippen molar-refractivity contribution in [1.82, 2.24) is 25.5 Å². The predicted molar refractivity (Wildman–Crippen MR) is 80.9 cm³/mol. The lowest BCUT2D eigenvalue weighted by atomic mass is 10.1. The van der Waals surface area contributed by atoms with Gasteiger partial charge in [-0.05, 0) is 36.4 Å². The molecule has 7 heteroatoms. The van der Waals surface area contributed by atoms with Gasteiger partial charge in [-0.1, -0.05) is 18.2 Å². The number of nitrogens with one attached hydrogen (secondary N) is 2. The van der Waals surface area contributed by atoms with Gasteiger partial charge < -0.3 is 10.6 Å². The second-order valence-electron chi connectivity index (χ2n) is 4.71. The Morgan fingerprint density at radius 1 is 1.43 bits per heavy atom. The van der Waals surface area contributed by atoms with E-state index in [1.807, 2.05) is 38.1 Å². The maximum Gasteiger partial charge on any atom is 0.319 e. The number of carbonyl (C=O) groups is 1. The molecule has 0 fully saturated rings. The van der Waals surface area contributed by atoms with Gasteiger partial charge in [0.2, 0.25) is 0 Å². The second-order valence-corrected chi connectivity index (χ2v) is 4.71. The smallest absolute Gasteiger partial charge is 0.319 e. The number of tetrazole rings is 1. The van der Waals surface area contributed by atoms with Gasteiger partial charge in [-0.2, -0.15) is 0 Å². The van der Waals surface area contributed by atoms with Crippen LogP contribution in [0.2, 0.25) is 0 Å². The zero-order valence-electron chi connectivity index (χ0n) is 12.1. The summed E-state index contributed by atoms with van der Waals surface area (Å²) >= 11 is 0. The van der Waals surface area contributed by atoms with Gasteiger partial charge >= 0.3 is 6.03 Å². The summed E-state index contributed by atoms with van der Waals surface area (Å²) in [5.74, 6) is 0.615. The molecule has 1 heterocycles. The average molecular weight is 286 g/mol. The fourth-order valence-corrected chi connectivity index (χ4v) is 1.84. The van der Waals surface area contributed by atoms with Gasteiger partial charge in [-0.3, -0.25) is 0 Å². The molecule has 0 atom stereocenters.